The van der Waals surface area contributed by atoms with E-state index in [1.54, 1.807) is 24.3 Å². The highest BCUT2D eigenvalue weighted by Crippen LogP contribution is 2.18. The lowest BCUT2D eigenvalue weighted by atomic mass is 10.0. The average molecular weight is 244 g/mol. The smallest absolute Gasteiger partial charge is 0.307 e. The molecule has 4 nitrogen and oxygen atoms in total. The van der Waals surface area contributed by atoms with E-state index in [1.807, 2.05) is 12.1 Å². The third-order valence-electron chi connectivity index (χ3n) is 2.68. The summed E-state index contributed by atoms with van der Waals surface area (Å²) in [5.74, 6) is -1.76. The maximum atomic E-state index is 10.6. The fourth-order valence-corrected chi connectivity index (χ4v) is 1.91. The normalized spacial score (nSPS) is 10.4. The predicted octanol–water partition coefficient (Wildman–Crippen LogP) is 2.09. The molecule has 0 spiro atoms. The highest BCUT2D eigenvalue weighted by molar-refractivity contribution is 5.85. The summed E-state index contributed by atoms with van der Waals surface area (Å²) in [7, 11) is 0. The number of benzene rings is 2. The van der Waals surface area contributed by atoms with Crippen LogP contribution in [-0.2, 0) is 22.4 Å². The van der Waals surface area contributed by atoms with Gasteiger partial charge < -0.3 is 10.2 Å². The van der Waals surface area contributed by atoms with Crippen molar-refractivity contribution < 1.29 is 19.8 Å². The lowest BCUT2D eigenvalue weighted by Gasteiger charge is -2.04. The molecule has 0 aliphatic rings. The van der Waals surface area contributed by atoms with Crippen LogP contribution in [0.15, 0.2) is 36.4 Å². The summed E-state index contributed by atoms with van der Waals surface area (Å²) in [6, 6.07) is 10.8. The van der Waals surface area contributed by atoms with Crippen LogP contribution in [0, 0.1) is 0 Å². The molecule has 0 saturated carbocycles. The summed E-state index contributed by atoms with van der Waals surface area (Å²) in [5, 5.41) is 19.3. The molecule has 0 aromatic heterocycles. The first-order chi connectivity index (χ1) is 8.54. The lowest BCUT2D eigenvalue weighted by Crippen LogP contribution is -2.01. The van der Waals surface area contributed by atoms with Crippen molar-refractivity contribution >= 4 is 22.7 Å². The van der Waals surface area contributed by atoms with E-state index in [9.17, 15) is 9.59 Å². The van der Waals surface area contributed by atoms with Crippen LogP contribution in [0.3, 0.4) is 0 Å². The molecule has 0 amide bonds. The number of aliphatic carboxylic acids is 2. The monoisotopic (exact) mass is 244 g/mol. The zero-order valence-corrected chi connectivity index (χ0v) is 9.59. The van der Waals surface area contributed by atoms with Crippen molar-refractivity contribution in [1.29, 1.82) is 0 Å². The second-order valence-electron chi connectivity index (χ2n) is 4.16. The molecule has 0 unspecified atom stereocenters. The maximum Gasteiger partial charge on any atom is 0.307 e. The number of hydrogen-bond donors (Lipinski definition) is 2. The van der Waals surface area contributed by atoms with Gasteiger partial charge in [0, 0.05) is 0 Å². The van der Waals surface area contributed by atoms with E-state index in [1.165, 1.54) is 0 Å². The van der Waals surface area contributed by atoms with E-state index in [4.69, 9.17) is 10.2 Å². The van der Waals surface area contributed by atoms with Crippen LogP contribution in [0.25, 0.3) is 10.8 Å². The SMILES string of the molecule is O=C(O)Cc1ccc2ccc(CC(=O)O)cc2c1. The van der Waals surface area contributed by atoms with Crippen LogP contribution in [0.5, 0.6) is 0 Å². The molecule has 2 aromatic carbocycles. The first-order valence-corrected chi connectivity index (χ1v) is 5.50. The molecule has 0 saturated heterocycles. The summed E-state index contributed by atoms with van der Waals surface area (Å²) in [4.78, 5) is 21.3. The van der Waals surface area contributed by atoms with Crippen molar-refractivity contribution in [1.82, 2.24) is 0 Å². The summed E-state index contributed by atoms with van der Waals surface area (Å²) in [5.41, 5.74) is 1.42. The Morgan fingerprint density at radius 1 is 0.778 bits per heavy atom. The highest BCUT2D eigenvalue weighted by Gasteiger charge is 2.04. The van der Waals surface area contributed by atoms with Crippen molar-refractivity contribution in [3.8, 4) is 0 Å². The molecular formula is C14H12O4. The van der Waals surface area contributed by atoms with Crippen LogP contribution in [-0.4, -0.2) is 22.2 Å². The van der Waals surface area contributed by atoms with Gasteiger partial charge in [-0.2, -0.15) is 0 Å². The minimum Gasteiger partial charge on any atom is -0.481 e. The fraction of sp³-hybridized carbons (Fsp3) is 0.143. The van der Waals surface area contributed by atoms with E-state index in [-0.39, 0.29) is 12.8 Å². The topological polar surface area (TPSA) is 74.6 Å². The zero-order valence-electron chi connectivity index (χ0n) is 9.59. The van der Waals surface area contributed by atoms with Gasteiger partial charge in [-0.1, -0.05) is 36.4 Å². The zero-order chi connectivity index (χ0) is 13.1. The Morgan fingerprint density at radius 2 is 1.22 bits per heavy atom. The standard InChI is InChI=1S/C14H12O4/c15-13(16)7-9-1-3-11-4-2-10(8-14(17)18)6-12(11)5-9/h1-6H,7-8H2,(H,15,16)(H,17,18). The van der Waals surface area contributed by atoms with Gasteiger partial charge in [0.05, 0.1) is 12.8 Å². The van der Waals surface area contributed by atoms with Gasteiger partial charge in [-0.25, -0.2) is 0 Å². The molecule has 0 aliphatic carbocycles. The molecule has 0 bridgehead atoms. The van der Waals surface area contributed by atoms with Gasteiger partial charge in [-0.3, -0.25) is 9.59 Å². The largest absolute Gasteiger partial charge is 0.481 e. The van der Waals surface area contributed by atoms with Gasteiger partial charge in [-0.05, 0) is 21.9 Å². The van der Waals surface area contributed by atoms with Crippen molar-refractivity contribution in [2.45, 2.75) is 12.8 Å². The van der Waals surface area contributed by atoms with Gasteiger partial charge >= 0.3 is 11.9 Å². The molecule has 0 fully saturated rings. The predicted molar refractivity (Wildman–Crippen MR) is 66.6 cm³/mol. The Kier molecular flexibility index (Phi) is 3.28. The Hall–Kier alpha value is -2.36. The maximum absolute atomic E-state index is 10.6. The summed E-state index contributed by atoms with van der Waals surface area (Å²) < 4.78 is 0. The molecule has 0 heterocycles. The van der Waals surface area contributed by atoms with Gasteiger partial charge in [0.2, 0.25) is 0 Å². The Bertz CT molecular complexity index is 565. The minimum atomic E-state index is -0.879. The van der Waals surface area contributed by atoms with E-state index in [0.717, 1.165) is 10.8 Å². The Morgan fingerprint density at radius 3 is 1.61 bits per heavy atom. The number of carbonyl (C=O) groups is 2. The van der Waals surface area contributed by atoms with Gasteiger partial charge in [0.25, 0.3) is 0 Å². The summed E-state index contributed by atoms with van der Waals surface area (Å²) >= 11 is 0. The third kappa shape index (κ3) is 2.85. The third-order valence-corrected chi connectivity index (χ3v) is 2.68. The van der Waals surface area contributed by atoms with Gasteiger partial charge in [0.1, 0.15) is 0 Å². The van der Waals surface area contributed by atoms with Crippen molar-refractivity contribution in [2.24, 2.45) is 0 Å². The molecule has 2 aromatic rings. The first kappa shape index (κ1) is 12.1. The molecule has 0 radical (unpaired) electrons. The van der Waals surface area contributed by atoms with Crippen LogP contribution in [0.2, 0.25) is 0 Å². The average Bonchev–Trinajstić information content (AvgIpc) is 2.26. The second-order valence-corrected chi connectivity index (χ2v) is 4.16. The molecular weight excluding hydrogens is 232 g/mol. The number of carboxylic acid groups (broad SMARTS) is 2. The highest BCUT2D eigenvalue weighted by atomic mass is 16.4. The van der Waals surface area contributed by atoms with Crippen LogP contribution in [0.4, 0.5) is 0 Å². The molecule has 0 atom stereocenters. The number of carboxylic acids is 2. The van der Waals surface area contributed by atoms with E-state index in [2.05, 4.69) is 0 Å². The van der Waals surface area contributed by atoms with Crippen molar-refractivity contribution in [3.63, 3.8) is 0 Å². The van der Waals surface area contributed by atoms with Crippen LogP contribution < -0.4 is 0 Å². The molecule has 2 N–H and O–H groups in total. The van der Waals surface area contributed by atoms with Crippen LogP contribution >= 0.6 is 0 Å². The lowest BCUT2D eigenvalue weighted by molar-refractivity contribution is -0.137. The van der Waals surface area contributed by atoms with Crippen molar-refractivity contribution in [3.05, 3.63) is 47.5 Å². The second kappa shape index (κ2) is 4.87. The molecule has 2 rings (SSSR count). The summed E-state index contributed by atoms with van der Waals surface area (Å²) in [6.07, 6.45) is -0.0573. The Balaban J connectivity index is 2.39. The number of rotatable bonds is 4. The quantitative estimate of drug-likeness (QED) is 0.863. The molecule has 4 heteroatoms. The van der Waals surface area contributed by atoms with Crippen LogP contribution in [0.1, 0.15) is 11.1 Å². The van der Waals surface area contributed by atoms with Gasteiger partial charge in [-0.15, -0.1) is 0 Å². The van der Waals surface area contributed by atoms with Crippen molar-refractivity contribution in [2.75, 3.05) is 0 Å². The molecule has 92 valence electrons. The van der Waals surface area contributed by atoms with E-state index < -0.39 is 11.9 Å². The molecule has 18 heavy (non-hydrogen) atoms. The Labute approximate surface area is 103 Å². The summed E-state index contributed by atoms with van der Waals surface area (Å²) in [6.45, 7) is 0. The number of fused-ring (bicyclic) bond motifs is 1. The van der Waals surface area contributed by atoms with Gasteiger partial charge in [0.15, 0.2) is 0 Å². The minimum absolute atomic E-state index is 0.0287. The van der Waals surface area contributed by atoms with E-state index >= 15 is 0 Å². The number of hydrogen-bond acceptors (Lipinski definition) is 2. The van der Waals surface area contributed by atoms with E-state index in [0.29, 0.717) is 11.1 Å². The molecule has 0 aliphatic heterocycles. The fourth-order valence-electron chi connectivity index (χ4n) is 1.91. The first-order valence-electron chi connectivity index (χ1n) is 5.50.